The van der Waals surface area contributed by atoms with Gasteiger partial charge in [0.15, 0.2) is 5.65 Å². The molecule has 11 heteroatoms. The van der Waals surface area contributed by atoms with Gasteiger partial charge in [-0.15, -0.1) is 15.3 Å². The fourth-order valence-electron chi connectivity index (χ4n) is 2.17. The summed E-state index contributed by atoms with van der Waals surface area (Å²) in [6.45, 7) is 0.469. The Bertz CT molecular complexity index is 943. The van der Waals surface area contributed by atoms with Crippen LogP contribution < -0.4 is 10.6 Å². The molecule has 0 bridgehead atoms. The van der Waals surface area contributed by atoms with Crippen molar-refractivity contribution in [1.82, 2.24) is 25.1 Å². The van der Waals surface area contributed by atoms with Gasteiger partial charge in [0.05, 0.1) is 10.6 Å². The lowest BCUT2D eigenvalue weighted by Crippen LogP contribution is -2.29. The maximum Gasteiger partial charge on any atom is 0.453 e. The van der Waals surface area contributed by atoms with Gasteiger partial charge in [-0.3, -0.25) is 4.79 Å². The molecular weight excluding hydrogens is 373 g/mol. The first-order valence-electron chi connectivity index (χ1n) is 7.42. The first-order chi connectivity index (χ1) is 12.4. The molecule has 0 saturated carbocycles. The van der Waals surface area contributed by atoms with Crippen LogP contribution >= 0.6 is 11.6 Å². The molecule has 0 aliphatic carbocycles. The van der Waals surface area contributed by atoms with Crippen molar-refractivity contribution < 1.29 is 18.0 Å². The third-order valence-corrected chi connectivity index (χ3v) is 3.68. The third kappa shape index (κ3) is 3.85. The zero-order valence-electron chi connectivity index (χ0n) is 13.1. The standard InChI is InChI=1S/C15H12ClF3N6O/c16-10-4-2-1-3-9(10)13(26)21-8-7-20-11-5-6-12-22-23-14(15(17,18)19)25(12)24-11/h1-6H,7-8H2,(H,20,24)(H,21,26). The molecule has 0 spiro atoms. The van der Waals surface area contributed by atoms with Gasteiger partial charge in [0.1, 0.15) is 5.82 Å². The summed E-state index contributed by atoms with van der Waals surface area (Å²) in [4.78, 5) is 12.0. The predicted molar refractivity (Wildman–Crippen MR) is 88.1 cm³/mol. The Kier molecular flexibility index (Phi) is 4.94. The van der Waals surface area contributed by atoms with E-state index in [0.717, 1.165) is 0 Å². The van der Waals surface area contributed by atoms with Crippen molar-refractivity contribution in [3.63, 3.8) is 0 Å². The van der Waals surface area contributed by atoms with Crippen LogP contribution in [0.5, 0.6) is 0 Å². The molecule has 0 saturated heterocycles. The molecule has 2 heterocycles. The zero-order chi connectivity index (χ0) is 18.7. The van der Waals surface area contributed by atoms with Crippen molar-refractivity contribution in [3.8, 4) is 0 Å². The second-order valence-electron chi connectivity index (χ2n) is 5.17. The minimum atomic E-state index is -4.66. The normalized spacial score (nSPS) is 11.5. The van der Waals surface area contributed by atoms with Gasteiger partial charge in [-0.05, 0) is 24.3 Å². The lowest BCUT2D eigenvalue weighted by atomic mass is 10.2. The average Bonchev–Trinajstić information content (AvgIpc) is 3.02. The van der Waals surface area contributed by atoms with E-state index in [0.29, 0.717) is 15.1 Å². The fraction of sp³-hybridized carbons (Fsp3) is 0.200. The van der Waals surface area contributed by atoms with Crippen molar-refractivity contribution in [3.05, 3.63) is 52.8 Å². The van der Waals surface area contributed by atoms with Crippen molar-refractivity contribution >= 4 is 29.0 Å². The maximum atomic E-state index is 12.8. The highest BCUT2D eigenvalue weighted by molar-refractivity contribution is 6.33. The van der Waals surface area contributed by atoms with Gasteiger partial charge in [0, 0.05) is 13.1 Å². The van der Waals surface area contributed by atoms with Gasteiger partial charge in [0.2, 0.25) is 0 Å². The van der Waals surface area contributed by atoms with Crippen LogP contribution in [0.1, 0.15) is 16.2 Å². The van der Waals surface area contributed by atoms with E-state index >= 15 is 0 Å². The van der Waals surface area contributed by atoms with E-state index in [-0.39, 0.29) is 30.5 Å². The number of amides is 1. The highest BCUT2D eigenvalue weighted by Crippen LogP contribution is 2.27. The number of anilines is 1. The van der Waals surface area contributed by atoms with Crippen LogP contribution in [0.4, 0.5) is 19.0 Å². The smallest absolute Gasteiger partial charge is 0.367 e. The van der Waals surface area contributed by atoms with Gasteiger partial charge >= 0.3 is 6.18 Å². The Labute approximate surface area is 150 Å². The molecular formula is C15H12ClF3N6O. The molecule has 136 valence electrons. The highest BCUT2D eigenvalue weighted by Gasteiger charge is 2.37. The molecule has 0 fully saturated rings. The number of hydrogen-bond acceptors (Lipinski definition) is 5. The van der Waals surface area contributed by atoms with Crippen molar-refractivity contribution in [2.75, 3.05) is 18.4 Å². The molecule has 2 N–H and O–H groups in total. The van der Waals surface area contributed by atoms with Crippen LogP contribution in [0, 0.1) is 0 Å². The van der Waals surface area contributed by atoms with E-state index in [1.165, 1.54) is 12.1 Å². The molecule has 0 radical (unpaired) electrons. The second kappa shape index (κ2) is 7.16. The average molecular weight is 385 g/mol. The second-order valence-corrected chi connectivity index (χ2v) is 5.58. The third-order valence-electron chi connectivity index (χ3n) is 3.35. The zero-order valence-corrected chi connectivity index (χ0v) is 13.8. The van der Waals surface area contributed by atoms with Crippen LogP contribution in [0.3, 0.4) is 0 Å². The van der Waals surface area contributed by atoms with Crippen molar-refractivity contribution in [2.45, 2.75) is 6.18 Å². The molecule has 0 unspecified atom stereocenters. The molecule has 0 aliphatic heterocycles. The summed E-state index contributed by atoms with van der Waals surface area (Å²) in [6, 6.07) is 9.43. The number of rotatable bonds is 5. The van der Waals surface area contributed by atoms with Crippen LogP contribution in [0.2, 0.25) is 5.02 Å². The molecule has 1 amide bonds. The lowest BCUT2D eigenvalue weighted by Gasteiger charge is -2.09. The Hall–Kier alpha value is -2.88. The minimum absolute atomic E-state index is 0.0186. The maximum absolute atomic E-state index is 12.8. The summed E-state index contributed by atoms with van der Waals surface area (Å²) in [5, 5.41) is 16.1. The first kappa shape index (κ1) is 17.9. The summed E-state index contributed by atoms with van der Waals surface area (Å²) >= 11 is 5.93. The van der Waals surface area contributed by atoms with E-state index in [1.807, 2.05) is 0 Å². The fourth-order valence-corrected chi connectivity index (χ4v) is 2.39. The van der Waals surface area contributed by atoms with E-state index in [2.05, 4.69) is 25.9 Å². The Balaban J connectivity index is 1.60. The number of nitrogens with one attached hydrogen (secondary N) is 2. The van der Waals surface area contributed by atoms with Crippen LogP contribution in [0.15, 0.2) is 36.4 Å². The number of fused-ring (bicyclic) bond motifs is 1. The van der Waals surface area contributed by atoms with Gasteiger partial charge in [-0.25, -0.2) is 0 Å². The Morgan fingerprint density at radius 1 is 1.12 bits per heavy atom. The van der Waals surface area contributed by atoms with Crippen LogP contribution in [0.25, 0.3) is 5.65 Å². The summed E-state index contributed by atoms with van der Waals surface area (Å²) in [5.41, 5.74) is 0.322. The summed E-state index contributed by atoms with van der Waals surface area (Å²) in [7, 11) is 0. The lowest BCUT2D eigenvalue weighted by molar-refractivity contribution is -0.146. The minimum Gasteiger partial charge on any atom is -0.367 e. The van der Waals surface area contributed by atoms with Crippen molar-refractivity contribution in [2.24, 2.45) is 0 Å². The van der Waals surface area contributed by atoms with E-state index in [1.54, 1.807) is 24.3 Å². The van der Waals surface area contributed by atoms with Gasteiger partial charge in [-0.1, -0.05) is 23.7 Å². The number of carbonyl (C=O) groups is 1. The molecule has 2 aromatic heterocycles. The summed E-state index contributed by atoms with van der Waals surface area (Å²) in [5.74, 6) is -1.36. The van der Waals surface area contributed by atoms with Gasteiger partial charge < -0.3 is 10.6 Å². The van der Waals surface area contributed by atoms with Crippen molar-refractivity contribution in [1.29, 1.82) is 0 Å². The van der Waals surface area contributed by atoms with Gasteiger partial charge in [-0.2, -0.15) is 17.7 Å². The Morgan fingerprint density at radius 3 is 2.62 bits per heavy atom. The number of carbonyl (C=O) groups excluding carboxylic acids is 1. The molecule has 7 nitrogen and oxygen atoms in total. The molecule has 26 heavy (non-hydrogen) atoms. The number of benzene rings is 1. The van der Waals surface area contributed by atoms with E-state index < -0.39 is 12.0 Å². The summed E-state index contributed by atoms with van der Waals surface area (Å²) in [6.07, 6.45) is -4.66. The van der Waals surface area contributed by atoms with Crippen LogP contribution in [-0.2, 0) is 6.18 Å². The monoisotopic (exact) mass is 384 g/mol. The highest BCUT2D eigenvalue weighted by atomic mass is 35.5. The number of aromatic nitrogens is 4. The molecule has 0 aliphatic rings. The SMILES string of the molecule is O=C(NCCNc1ccc2nnc(C(F)(F)F)n2n1)c1ccccc1Cl. The van der Waals surface area contributed by atoms with Gasteiger partial charge in [0.25, 0.3) is 11.7 Å². The topological polar surface area (TPSA) is 84.2 Å². The van der Waals surface area contributed by atoms with E-state index in [9.17, 15) is 18.0 Å². The number of alkyl halides is 3. The molecule has 1 aromatic carbocycles. The largest absolute Gasteiger partial charge is 0.453 e. The quantitative estimate of drug-likeness (QED) is 0.661. The molecule has 3 aromatic rings. The predicted octanol–water partition coefficient (Wildman–Crippen LogP) is 2.64. The Morgan fingerprint density at radius 2 is 1.88 bits per heavy atom. The number of nitrogens with zero attached hydrogens (tertiary/aromatic N) is 4. The number of hydrogen-bond donors (Lipinski definition) is 2. The first-order valence-corrected chi connectivity index (χ1v) is 7.80. The molecule has 0 atom stereocenters. The van der Waals surface area contributed by atoms with Crippen LogP contribution in [-0.4, -0.2) is 38.8 Å². The number of halogens is 4. The van der Waals surface area contributed by atoms with E-state index in [4.69, 9.17) is 11.6 Å². The molecule has 3 rings (SSSR count). The summed E-state index contributed by atoms with van der Waals surface area (Å²) < 4.78 is 39.1.